The molecule has 1 nitrogen and oxygen atoms in total. The van der Waals surface area contributed by atoms with E-state index in [0.29, 0.717) is 5.54 Å². The van der Waals surface area contributed by atoms with Gasteiger partial charge in [-0.05, 0) is 44.9 Å². The summed E-state index contributed by atoms with van der Waals surface area (Å²) in [5, 5.41) is 3.90. The molecular formula is C13H25N. The van der Waals surface area contributed by atoms with Gasteiger partial charge in [-0.3, -0.25) is 0 Å². The van der Waals surface area contributed by atoms with Gasteiger partial charge in [0.2, 0.25) is 0 Å². The summed E-state index contributed by atoms with van der Waals surface area (Å²) in [5.41, 5.74) is 0.514. The molecule has 2 rings (SSSR count). The van der Waals surface area contributed by atoms with Gasteiger partial charge in [-0.2, -0.15) is 0 Å². The molecule has 2 aliphatic rings. The molecule has 0 aromatic rings. The SMILES string of the molecule is CCC1CCCC(NC2(C)CCC2)C1. The summed E-state index contributed by atoms with van der Waals surface area (Å²) in [5.74, 6) is 1.00. The molecule has 0 radical (unpaired) electrons. The van der Waals surface area contributed by atoms with Crippen LogP contribution in [0.5, 0.6) is 0 Å². The topological polar surface area (TPSA) is 12.0 Å². The number of hydrogen-bond acceptors (Lipinski definition) is 1. The highest BCUT2D eigenvalue weighted by molar-refractivity contribution is 4.94. The van der Waals surface area contributed by atoms with Crippen molar-refractivity contribution in [2.45, 2.75) is 76.8 Å². The maximum Gasteiger partial charge on any atom is 0.0156 e. The third-order valence-electron chi connectivity index (χ3n) is 4.37. The van der Waals surface area contributed by atoms with Crippen LogP contribution in [0.15, 0.2) is 0 Å². The fourth-order valence-corrected chi connectivity index (χ4v) is 3.14. The van der Waals surface area contributed by atoms with E-state index in [0.717, 1.165) is 12.0 Å². The molecule has 14 heavy (non-hydrogen) atoms. The summed E-state index contributed by atoms with van der Waals surface area (Å²) in [6.07, 6.45) is 11.4. The molecule has 2 aliphatic carbocycles. The smallest absolute Gasteiger partial charge is 0.0156 e. The molecule has 1 heteroatoms. The molecule has 0 saturated heterocycles. The zero-order valence-electron chi connectivity index (χ0n) is 9.81. The van der Waals surface area contributed by atoms with Crippen molar-refractivity contribution >= 4 is 0 Å². The van der Waals surface area contributed by atoms with Gasteiger partial charge in [0.05, 0.1) is 0 Å². The van der Waals surface area contributed by atoms with Gasteiger partial charge in [0.25, 0.3) is 0 Å². The van der Waals surface area contributed by atoms with Crippen molar-refractivity contribution in [3.63, 3.8) is 0 Å². The molecular weight excluding hydrogens is 170 g/mol. The molecule has 0 aliphatic heterocycles. The van der Waals surface area contributed by atoms with Crippen molar-refractivity contribution in [2.75, 3.05) is 0 Å². The van der Waals surface area contributed by atoms with Gasteiger partial charge >= 0.3 is 0 Å². The molecule has 82 valence electrons. The van der Waals surface area contributed by atoms with E-state index in [4.69, 9.17) is 0 Å². The predicted octanol–water partition coefficient (Wildman–Crippen LogP) is 3.49. The second-order valence-electron chi connectivity index (χ2n) is 5.70. The molecule has 0 bridgehead atoms. The first-order valence-electron chi connectivity index (χ1n) is 6.49. The van der Waals surface area contributed by atoms with Crippen molar-refractivity contribution in [3.05, 3.63) is 0 Å². The second-order valence-corrected chi connectivity index (χ2v) is 5.70. The lowest BCUT2D eigenvalue weighted by atomic mass is 9.76. The minimum atomic E-state index is 0.514. The van der Waals surface area contributed by atoms with Crippen LogP contribution in [0.4, 0.5) is 0 Å². The number of nitrogens with one attached hydrogen (secondary N) is 1. The van der Waals surface area contributed by atoms with Crippen LogP contribution in [0.2, 0.25) is 0 Å². The fraction of sp³-hybridized carbons (Fsp3) is 1.00. The monoisotopic (exact) mass is 195 g/mol. The Balaban J connectivity index is 1.79. The van der Waals surface area contributed by atoms with E-state index >= 15 is 0 Å². The minimum absolute atomic E-state index is 0.514. The summed E-state index contributed by atoms with van der Waals surface area (Å²) >= 11 is 0. The molecule has 0 aromatic carbocycles. The average Bonchev–Trinajstić information content (AvgIpc) is 2.16. The molecule has 0 spiro atoms. The van der Waals surface area contributed by atoms with E-state index in [-0.39, 0.29) is 0 Å². The first-order chi connectivity index (χ1) is 6.72. The lowest BCUT2D eigenvalue weighted by Gasteiger charge is -2.44. The number of rotatable bonds is 3. The fourth-order valence-electron chi connectivity index (χ4n) is 3.14. The van der Waals surface area contributed by atoms with Crippen LogP contribution >= 0.6 is 0 Å². The lowest BCUT2D eigenvalue weighted by Crippen LogP contribution is -2.53. The third-order valence-corrected chi connectivity index (χ3v) is 4.37. The van der Waals surface area contributed by atoms with E-state index in [1.807, 2.05) is 0 Å². The summed E-state index contributed by atoms with van der Waals surface area (Å²) in [4.78, 5) is 0. The van der Waals surface area contributed by atoms with E-state index < -0.39 is 0 Å². The molecule has 0 aromatic heterocycles. The highest BCUT2D eigenvalue weighted by Crippen LogP contribution is 2.34. The van der Waals surface area contributed by atoms with Gasteiger partial charge < -0.3 is 5.32 Å². The minimum Gasteiger partial charge on any atom is -0.309 e. The Kier molecular flexibility index (Phi) is 3.16. The first kappa shape index (κ1) is 10.5. The van der Waals surface area contributed by atoms with Gasteiger partial charge in [0.1, 0.15) is 0 Å². The Hall–Kier alpha value is -0.0400. The quantitative estimate of drug-likeness (QED) is 0.727. The van der Waals surface area contributed by atoms with Gasteiger partial charge in [-0.1, -0.05) is 26.2 Å². The summed E-state index contributed by atoms with van der Waals surface area (Å²) in [7, 11) is 0. The Bertz CT molecular complexity index is 184. The van der Waals surface area contributed by atoms with Gasteiger partial charge in [-0.25, -0.2) is 0 Å². The third kappa shape index (κ3) is 2.31. The Morgan fingerprint density at radius 2 is 2.00 bits per heavy atom. The maximum atomic E-state index is 3.90. The first-order valence-corrected chi connectivity index (χ1v) is 6.49. The number of hydrogen-bond donors (Lipinski definition) is 1. The maximum absolute atomic E-state index is 3.90. The molecule has 2 fully saturated rings. The normalized spacial score (nSPS) is 36.4. The predicted molar refractivity (Wildman–Crippen MR) is 61.4 cm³/mol. The highest BCUT2D eigenvalue weighted by atomic mass is 15.0. The molecule has 2 saturated carbocycles. The van der Waals surface area contributed by atoms with Crippen molar-refractivity contribution in [3.8, 4) is 0 Å². The lowest BCUT2D eigenvalue weighted by molar-refractivity contribution is 0.152. The van der Waals surface area contributed by atoms with Crippen LogP contribution in [0.1, 0.15) is 65.2 Å². The molecule has 2 atom stereocenters. The second kappa shape index (κ2) is 4.22. The van der Waals surface area contributed by atoms with Crippen molar-refractivity contribution in [2.24, 2.45) is 5.92 Å². The van der Waals surface area contributed by atoms with Crippen LogP contribution in [0, 0.1) is 5.92 Å². The van der Waals surface area contributed by atoms with Gasteiger partial charge in [-0.15, -0.1) is 0 Å². The van der Waals surface area contributed by atoms with Crippen LogP contribution < -0.4 is 5.32 Å². The van der Waals surface area contributed by atoms with Crippen LogP contribution in [0.25, 0.3) is 0 Å². The van der Waals surface area contributed by atoms with E-state index in [9.17, 15) is 0 Å². The molecule has 2 unspecified atom stereocenters. The van der Waals surface area contributed by atoms with E-state index in [1.54, 1.807) is 0 Å². The average molecular weight is 195 g/mol. The zero-order valence-corrected chi connectivity index (χ0v) is 9.81. The summed E-state index contributed by atoms with van der Waals surface area (Å²) in [6.45, 7) is 4.75. The zero-order chi connectivity index (χ0) is 10.0. The van der Waals surface area contributed by atoms with Crippen molar-refractivity contribution in [1.82, 2.24) is 5.32 Å². The van der Waals surface area contributed by atoms with Crippen LogP contribution in [-0.4, -0.2) is 11.6 Å². The van der Waals surface area contributed by atoms with Gasteiger partial charge in [0, 0.05) is 11.6 Å². The van der Waals surface area contributed by atoms with Crippen LogP contribution in [-0.2, 0) is 0 Å². The largest absolute Gasteiger partial charge is 0.309 e. The standard InChI is InChI=1S/C13H25N/c1-3-11-6-4-7-12(10-11)14-13(2)8-5-9-13/h11-12,14H,3-10H2,1-2H3. The van der Waals surface area contributed by atoms with Crippen molar-refractivity contribution < 1.29 is 0 Å². The van der Waals surface area contributed by atoms with Gasteiger partial charge in [0.15, 0.2) is 0 Å². The molecule has 0 heterocycles. The highest BCUT2D eigenvalue weighted by Gasteiger charge is 2.34. The Morgan fingerprint density at radius 1 is 1.21 bits per heavy atom. The van der Waals surface area contributed by atoms with E-state index in [1.165, 1.54) is 51.4 Å². The van der Waals surface area contributed by atoms with Crippen molar-refractivity contribution in [1.29, 1.82) is 0 Å². The summed E-state index contributed by atoms with van der Waals surface area (Å²) in [6, 6.07) is 0.832. The van der Waals surface area contributed by atoms with Crippen LogP contribution in [0.3, 0.4) is 0 Å². The summed E-state index contributed by atoms with van der Waals surface area (Å²) < 4.78 is 0. The Labute approximate surface area is 88.7 Å². The Morgan fingerprint density at radius 3 is 2.57 bits per heavy atom. The van der Waals surface area contributed by atoms with E-state index in [2.05, 4.69) is 19.2 Å². The molecule has 0 amide bonds. The molecule has 1 N–H and O–H groups in total.